The van der Waals surface area contributed by atoms with Crippen LogP contribution in [0.4, 0.5) is 0 Å². The first kappa shape index (κ1) is 15.0. The van der Waals surface area contributed by atoms with E-state index in [0.29, 0.717) is 17.4 Å². The summed E-state index contributed by atoms with van der Waals surface area (Å²) in [4.78, 5) is 0. The average molecular weight is 325 g/mol. The zero-order chi connectivity index (χ0) is 13.9. The Balaban J connectivity index is 2.08. The van der Waals surface area contributed by atoms with Crippen LogP contribution in [0.3, 0.4) is 0 Å². The average Bonchev–Trinajstić information content (AvgIpc) is 2.38. The lowest BCUT2D eigenvalue weighted by atomic mass is 9.65. The van der Waals surface area contributed by atoms with Crippen molar-refractivity contribution in [2.45, 2.75) is 52.0 Å². The van der Waals surface area contributed by atoms with Crippen LogP contribution >= 0.6 is 15.9 Å². The van der Waals surface area contributed by atoms with Crippen LogP contribution in [0, 0.1) is 11.3 Å². The summed E-state index contributed by atoms with van der Waals surface area (Å²) >= 11 is 3.48. The van der Waals surface area contributed by atoms with Crippen molar-refractivity contribution in [1.29, 1.82) is 0 Å². The molecule has 0 spiro atoms. The monoisotopic (exact) mass is 324 g/mol. The van der Waals surface area contributed by atoms with Gasteiger partial charge in [-0.2, -0.15) is 0 Å². The molecule has 1 fully saturated rings. The molecule has 0 heterocycles. The van der Waals surface area contributed by atoms with Gasteiger partial charge in [0, 0.05) is 10.5 Å². The van der Waals surface area contributed by atoms with Crippen molar-refractivity contribution in [1.82, 2.24) is 5.43 Å². The van der Waals surface area contributed by atoms with E-state index in [1.165, 1.54) is 31.2 Å². The number of hydrogen-bond donors (Lipinski definition) is 2. The van der Waals surface area contributed by atoms with Gasteiger partial charge in [-0.05, 0) is 48.3 Å². The van der Waals surface area contributed by atoms with E-state index >= 15 is 0 Å². The fourth-order valence-electron chi connectivity index (χ4n) is 3.46. The summed E-state index contributed by atoms with van der Waals surface area (Å²) in [7, 11) is 0. The van der Waals surface area contributed by atoms with E-state index in [1.54, 1.807) is 0 Å². The van der Waals surface area contributed by atoms with Gasteiger partial charge in [-0.3, -0.25) is 11.3 Å². The summed E-state index contributed by atoms with van der Waals surface area (Å²) in [6, 6.07) is 8.95. The Bertz CT molecular complexity index is 400. The number of nitrogens with two attached hydrogens (primary N) is 1. The van der Waals surface area contributed by atoms with E-state index in [2.05, 4.69) is 59.5 Å². The first-order chi connectivity index (χ1) is 9.03. The largest absolute Gasteiger partial charge is 0.271 e. The molecular weight excluding hydrogens is 300 g/mol. The van der Waals surface area contributed by atoms with Crippen molar-refractivity contribution in [3.63, 3.8) is 0 Å². The molecule has 0 radical (unpaired) electrons. The van der Waals surface area contributed by atoms with Crippen molar-refractivity contribution in [3.05, 3.63) is 34.3 Å². The molecular formula is C16H25BrN2. The van der Waals surface area contributed by atoms with Gasteiger partial charge in [-0.25, -0.2) is 0 Å². The first-order valence-electron chi connectivity index (χ1n) is 7.23. The third-order valence-electron chi connectivity index (χ3n) is 4.66. The third-order valence-corrected chi connectivity index (χ3v) is 5.19. The quantitative estimate of drug-likeness (QED) is 0.648. The molecule has 0 aromatic heterocycles. The van der Waals surface area contributed by atoms with Gasteiger partial charge in [0.15, 0.2) is 0 Å². The highest BCUT2D eigenvalue weighted by Crippen LogP contribution is 2.42. The molecule has 1 aliphatic rings. The lowest BCUT2D eigenvalue weighted by molar-refractivity contribution is 0.0982. The number of rotatable bonds is 4. The van der Waals surface area contributed by atoms with Gasteiger partial charge >= 0.3 is 0 Å². The fraction of sp³-hybridized carbons (Fsp3) is 0.625. The van der Waals surface area contributed by atoms with Gasteiger partial charge in [0.2, 0.25) is 0 Å². The van der Waals surface area contributed by atoms with E-state index in [4.69, 9.17) is 5.84 Å². The Kier molecular flexibility index (Phi) is 5.04. The summed E-state index contributed by atoms with van der Waals surface area (Å²) < 4.78 is 1.13. The molecule has 2 nitrogen and oxygen atoms in total. The second kappa shape index (κ2) is 6.38. The van der Waals surface area contributed by atoms with Crippen LogP contribution in [-0.4, -0.2) is 6.04 Å². The van der Waals surface area contributed by atoms with Crippen molar-refractivity contribution in [2.24, 2.45) is 17.2 Å². The molecule has 19 heavy (non-hydrogen) atoms. The lowest BCUT2D eigenvalue weighted by Crippen LogP contribution is -2.48. The Morgan fingerprint density at radius 1 is 1.32 bits per heavy atom. The smallest absolute Gasteiger partial charge is 0.0284 e. The summed E-state index contributed by atoms with van der Waals surface area (Å²) in [5.74, 6) is 6.51. The number of hydrazine groups is 1. The number of benzene rings is 1. The minimum atomic E-state index is 0.372. The first-order valence-corrected chi connectivity index (χ1v) is 8.03. The second-order valence-electron chi connectivity index (χ2n) is 6.44. The summed E-state index contributed by atoms with van der Waals surface area (Å²) in [6.45, 7) is 4.78. The Hall–Kier alpha value is -0.380. The minimum absolute atomic E-state index is 0.372. The zero-order valence-corrected chi connectivity index (χ0v) is 13.5. The van der Waals surface area contributed by atoms with E-state index in [0.717, 1.165) is 10.9 Å². The number of nitrogens with one attached hydrogen (secondary N) is 1. The molecule has 1 saturated carbocycles. The van der Waals surface area contributed by atoms with Gasteiger partial charge in [-0.15, -0.1) is 0 Å². The predicted octanol–water partition coefficient (Wildman–Crippen LogP) is 4.04. The van der Waals surface area contributed by atoms with Crippen LogP contribution in [-0.2, 0) is 6.42 Å². The molecule has 0 saturated heterocycles. The second-order valence-corrected chi connectivity index (χ2v) is 7.36. The Morgan fingerprint density at radius 2 is 2.00 bits per heavy atom. The van der Waals surface area contributed by atoms with Gasteiger partial charge in [0.1, 0.15) is 0 Å². The molecule has 106 valence electrons. The standard InChI is InChI=1S/C16H25BrN2/c1-16(2)10-4-3-5-14(16)15(19-18)11-12-6-8-13(17)9-7-12/h6-9,14-15,19H,3-5,10-11,18H2,1-2H3. The van der Waals surface area contributed by atoms with Crippen LogP contribution < -0.4 is 11.3 Å². The van der Waals surface area contributed by atoms with E-state index in [1.807, 2.05) is 0 Å². The highest BCUT2D eigenvalue weighted by atomic mass is 79.9. The third kappa shape index (κ3) is 3.80. The van der Waals surface area contributed by atoms with Crippen LogP contribution in [0.2, 0.25) is 0 Å². The van der Waals surface area contributed by atoms with Crippen molar-refractivity contribution in [2.75, 3.05) is 0 Å². The van der Waals surface area contributed by atoms with Gasteiger partial charge in [0.25, 0.3) is 0 Å². The highest BCUT2D eigenvalue weighted by Gasteiger charge is 2.37. The van der Waals surface area contributed by atoms with E-state index < -0.39 is 0 Å². The van der Waals surface area contributed by atoms with Crippen LogP contribution in [0.1, 0.15) is 45.1 Å². The molecule has 2 atom stereocenters. The zero-order valence-electron chi connectivity index (χ0n) is 12.0. The predicted molar refractivity (Wildman–Crippen MR) is 84.7 cm³/mol. The maximum absolute atomic E-state index is 5.84. The van der Waals surface area contributed by atoms with Crippen molar-refractivity contribution >= 4 is 15.9 Å². The van der Waals surface area contributed by atoms with Gasteiger partial charge in [0.05, 0.1) is 0 Å². The maximum Gasteiger partial charge on any atom is 0.0284 e. The Labute approximate surface area is 125 Å². The molecule has 3 heteroatoms. The van der Waals surface area contributed by atoms with Gasteiger partial charge < -0.3 is 0 Å². The van der Waals surface area contributed by atoms with Crippen LogP contribution in [0.5, 0.6) is 0 Å². The molecule has 3 N–H and O–H groups in total. The highest BCUT2D eigenvalue weighted by molar-refractivity contribution is 9.10. The Morgan fingerprint density at radius 3 is 2.58 bits per heavy atom. The maximum atomic E-state index is 5.84. The summed E-state index contributed by atoms with van der Waals surface area (Å²) in [6.07, 6.45) is 6.32. The number of hydrogen-bond acceptors (Lipinski definition) is 2. The molecule has 1 aromatic rings. The van der Waals surface area contributed by atoms with Crippen LogP contribution in [0.15, 0.2) is 28.7 Å². The summed E-state index contributed by atoms with van der Waals surface area (Å²) in [5, 5.41) is 0. The topological polar surface area (TPSA) is 38.0 Å². The molecule has 2 rings (SSSR count). The molecule has 1 aromatic carbocycles. The van der Waals surface area contributed by atoms with Crippen molar-refractivity contribution < 1.29 is 0 Å². The normalized spacial score (nSPS) is 24.1. The molecule has 0 amide bonds. The van der Waals surface area contributed by atoms with E-state index in [9.17, 15) is 0 Å². The fourth-order valence-corrected chi connectivity index (χ4v) is 3.72. The van der Waals surface area contributed by atoms with Gasteiger partial charge in [-0.1, -0.05) is 54.8 Å². The molecule has 0 bridgehead atoms. The molecule has 1 aliphatic carbocycles. The number of halogens is 1. The minimum Gasteiger partial charge on any atom is -0.271 e. The van der Waals surface area contributed by atoms with E-state index in [-0.39, 0.29) is 0 Å². The summed E-state index contributed by atoms with van der Waals surface area (Å²) in [5.41, 5.74) is 4.83. The lowest BCUT2D eigenvalue weighted by Gasteiger charge is -2.43. The van der Waals surface area contributed by atoms with Crippen LogP contribution in [0.25, 0.3) is 0 Å². The SMILES string of the molecule is CC1(C)CCCCC1C(Cc1ccc(Br)cc1)NN. The molecule has 0 aliphatic heterocycles. The molecule has 2 unspecified atom stereocenters. The van der Waals surface area contributed by atoms with Crippen molar-refractivity contribution in [3.8, 4) is 0 Å².